The largest absolute Gasteiger partial charge is 0.371 e. The fraction of sp³-hybridized carbons (Fsp3) is 0.308. The van der Waals surface area contributed by atoms with Crippen molar-refractivity contribution in [3.05, 3.63) is 30.1 Å². The summed E-state index contributed by atoms with van der Waals surface area (Å²) in [6.07, 6.45) is 1.23. The first kappa shape index (κ1) is 12.6. The lowest BCUT2D eigenvalue weighted by molar-refractivity contribution is 0.252. The fourth-order valence-corrected chi connectivity index (χ4v) is 2.24. The van der Waals surface area contributed by atoms with Gasteiger partial charge in [0, 0.05) is 31.9 Å². The van der Waals surface area contributed by atoms with Gasteiger partial charge in [-0.05, 0) is 24.3 Å². The third-order valence-electron chi connectivity index (χ3n) is 3.29. The van der Waals surface area contributed by atoms with Gasteiger partial charge in [-0.2, -0.15) is 10.3 Å². The van der Waals surface area contributed by atoms with Gasteiger partial charge in [0.1, 0.15) is 12.2 Å². The number of amides is 2. The highest BCUT2D eigenvalue weighted by molar-refractivity contribution is 6.03. The molecule has 1 aromatic rings. The Morgan fingerprint density at radius 1 is 1.00 bits per heavy atom. The lowest BCUT2D eigenvalue weighted by atomic mass is 10.2. The van der Waals surface area contributed by atoms with E-state index in [9.17, 15) is 9.18 Å². The Labute approximate surface area is 115 Å². The summed E-state index contributed by atoms with van der Waals surface area (Å²) in [6, 6.07) is 5.93. The van der Waals surface area contributed by atoms with Gasteiger partial charge in [-0.15, -0.1) is 0 Å². The first-order valence-corrected chi connectivity index (χ1v) is 6.34. The van der Waals surface area contributed by atoms with Crippen molar-refractivity contribution in [3.8, 4) is 0 Å². The van der Waals surface area contributed by atoms with Crippen LogP contribution in [0.3, 0.4) is 0 Å². The molecule has 0 unspecified atom stereocenters. The molecule has 0 spiro atoms. The number of nitrogens with zero attached hydrogens (tertiary/aromatic N) is 5. The van der Waals surface area contributed by atoms with Gasteiger partial charge in [0.05, 0.1) is 0 Å². The normalized spacial score (nSPS) is 18.9. The number of urea groups is 1. The molecule has 2 aliphatic rings. The van der Waals surface area contributed by atoms with E-state index in [2.05, 4.69) is 20.2 Å². The molecule has 1 aromatic carbocycles. The number of piperazine rings is 1. The quantitative estimate of drug-likeness (QED) is 0.769. The molecule has 2 heterocycles. The molecule has 0 atom stereocenters. The zero-order chi connectivity index (χ0) is 13.9. The molecule has 3 rings (SSSR count). The van der Waals surface area contributed by atoms with E-state index in [-0.39, 0.29) is 5.82 Å². The molecule has 1 fully saturated rings. The molecule has 7 heteroatoms. The molecule has 20 heavy (non-hydrogen) atoms. The minimum atomic E-state index is -0.518. The summed E-state index contributed by atoms with van der Waals surface area (Å²) in [6.45, 7) is 2.96. The zero-order valence-electron chi connectivity index (χ0n) is 10.7. The van der Waals surface area contributed by atoms with Crippen LogP contribution in [0.2, 0.25) is 0 Å². The minimum absolute atomic E-state index is 0.236. The molecule has 1 saturated heterocycles. The average Bonchev–Trinajstić information content (AvgIpc) is 2.48. The molecular weight excluding hydrogens is 261 g/mol. The maximum Gasteiger partial charge on any atom is 0.371 e. The lowest BCUT2D eigenvalue weighted by Crippen LogP contribution is -2.49. The monoisotopic (exact) mass is 274 g/mol. The topological polar surface area (TPSA) is 62.4 Å². The Kier molecular flexibility index (Phi) is 3.32. The number of benzene rings is 1. The highest BCUT2D eigenvalue weighted by Crippen LogP contribution is 2.17. The van der Waals surface area contributed by atoms with Gasteiger partial charge in [-0.25, -0.2) is 14.2 Å². The Hall–Kier alpha value is -2.44. The van der Waals surface area contributed by atoms with Gasteiger partial charge >= 0.3 is 6.03 Å². The molecule has 0 aromatic heterocycles. The smallest absolute Gasteiger partial charge is 0.368 e. The Balaban J connectivity index is 1.63. The number of halogens is 1. The van der Waals surface area contributed by atoms with Crippen LogP contribution in [0.4, 0.5) is 14.9 Å². The van der Waals surface area contributed by atoms with Crippen LogP contribution < -0.4 is 10.2 Å². The molecule has 0 bridgehead atoms. The molecule has 103 valence electrons. The number of aliphatic imine (C=N–C) groups is 2. The van der Waals surface area contributed by atoms with Crippen molar-refractivity contribution < 1.29 is 9.18 Å². The maximum absolute atomic E-state index is 12.9. The maximum atomic E-state index is 12.9. The highest BCUT2D eigenvalue weighted by atomic mass is 19.1. The van der Waals surface area contributed by atoms with E-state index < -0.39 is 6.03 Å². The van der Waals surface area contributed by atoms with Gasteiger partial charge in [0.15, 0.2) is 0 Å². The van der Waals surface area contributed by atoms with Crippen LogP contribution in [0.1, 0.15) is 0 Å². The third kappa shape index (κ3) is 2.61. The van der Waals surface area contributed by atoms with E-state index in [0.29, 0.717) is 19.0 Å². The van der Waals surface area contributed by atoms with E-state index in [1.165, 1.54) is 18.5 Å². The van der Waals surface area contributed by atoms with Crippen LogP contribution in [0.15, 0.2) is 34.3 Å². The van der Waals surface area contributed by atoms with Crippen LogP contribution in [0.25, 0.3) is 0 Å². The van der Waals surface area contributed by atoms with Crippen LogP contribution in [-0.2, 0) is 0 Å². The van der Waals surface area contributed by atoms with Gasteiger partial charge in [0.25, 0.3) is 0 Å². The van der Waals surface area contributed by atoms with Gasteiger partial charge in [-0.1, -0.05) is 0 Å². The number of carbonyl (C=O) groups is 1. The predicted octanol–water partition coefficient (Wildman–Crippen LogP) is 1.07. The van der Waals surface area contributed by atoms with Crippen molar-refractivity contribution in [1.82, 2.24) is 10.2 Å². The van der Waals surface area contributed by atoms with E-state index in [4.69, 9.17) is 0 Å². The van der Waals surface area contributed by atoms with E-state index in [0.717, 1.165) is 18.8 Å². The van der Waals surface area contributed by atoms with Crippen LogP contribution >= 0.6 is 0 Å². The van der Waals surface area contributed by atoms with Crippen molar-refractivity contribution in [3.63, 3.8) is 0 Å². The second kappa shape index (κ2) is 5.28. The van der Waals surface area contributed by atoms with E-state index in [1.807, 2.05) is 4.90 Å². The first-order valence-electron chi connectivity index (χ1n) is 6.34. The SMILES string of the molecule is O=C1[N]C=NC(N2CCN(c3ccc(F)cc3)CC2)=N1. The van der Waals surface area contributed by atoms with Gasteiger partial charge < -0.3 is 9.80 Å². The summed E-state index contributed by atoms with van der Waals surface area (Å²) in [7, 11) is 0. The summed E-state index contributed by atoms with van der Waals surface area (Å²) in [5.74, 6) is 0.185. The minimum Gasteiger partial charge on any atom is -0.368 e. The highest BCUT2D eigenvalue weighted by Gasteiger charge is 2.22. The number of carbonyl (C=O) groups excluding carboxylic acids is 1. The molecule has 0 aliphatic carbocycles. The number of anilines is 1. The van der Waals surface area contributed by atoms with Gasteiger partial charge in [-0.3, -0.25) is 0 Å². The van der Waals surface area contributed by atoms with Crippen LogP contribution in [0.5, 0.6) is 0 Å². The average molecular weight is 274 g/mol. The summed E-state index contributed by atoms with van der Waals surface area (Å²) < 4.78 is 12.9. The number of hydrogen-bond acceptors (Lipinski definition) is 4. The summed E-state index contributed by atoms with van der Waals surface area (Å²) in [5, 5.41) is 3.46. The standard InChI is InChI=1S/C13H13FN5O/c14-10-1-3-11(4-2-10)18-5-7-19(8-6-18)12-15-9-16-13(20)17-12/h1-4,9H,5-8H2. The molecule has 0 N–H and O–H groups in total. The molecule has 0 saturated carbocycles. The van der Waals surface area contributed by atoms with E-state index in [1.54, 1.807) is 12.1 Å². The van der Waals surface area contributed by atoms with Crippen molar-refractivity contribution in [2.75, 3.05) is 31.1 Å². The molecule has 2 amide bonds. The second-order valence-corrected chi connectivity index (χ2v) is 4.52. The van der Waals surface area contributed by atoms with Crippen molar-refractivity contribution >= 4 is 24.0 Å². The number of hydrogen-bond donors (Lipinski definition) is 0. The Morgan fingerprint density at radius 3 is 2.30 bits per heavy atom. The van der Waals surface area contributed by atoms with Crippen molar-refractivity contribution in [2.24, 2.45) is 9.98 Å². The number of rotatable bonds is 1. The molecule has 6 nitrogen and oxygen atoms in total. The third-order valence-corrected chi connectivity index (χ3v) is 3.29. The van der Waals surface area contributed by atoms with Crippen molar-refractivity contribution in [1.29, 1.82) is 0 Å². The first-order chi connectivity index (χ1) is 9.72. The second-order valence-electron chi connectivity index (χ2n) is 4.52. The molecular formula is C13H13FN5O. The van der Waals surface area contributed by atoms with Crippen LogP contribution in [0, 0.1) is 5.82 Å². The zero-order valence-corrected chi connectivity index (χ0v) is 10.7. The molecule has 1 radical (unpaired) electrons. The summed E-state index contributed by atoms with van der Waals surface area (Å²) in [4.78, 5) is 23.0. The van der Waals surface area contributed by atoms with Crippen molar-refractivity contribution in [2.45, 2.75) is 0 Å². The lowest BCUT2D eigenvalue weighted by Gasteiger charge is -2.36. The fourth-order valence-electron chi connectivity index (χ4n) is 2.24. The van der Waals surface area contributed by atoms with Gasteiger partial charge in [0.2, 0.25) is 5.96 Å². The Morgan fingerprint density at radius 2 is 1.65 bits per heavy atom. The number of guanidine groups is 1. The predicted molar refractivity (Wildman–Crippen MR) is 73.6 cm³/mol. The molecule has 2 aliphatic heterocycles. The summed E-state index contributed by atoms with van der Waals surface area (Å²) in [5.41, 5.74) is 0.992. The van der Waals surface area contributed by atoms with E-state index >= 15 is 0 Å². The Bertz CT molecular complexity index is 561. The van der Waals surface area contributed by atoms with Crippen LogP contribution in [-0.4, -0.2) is 49.4 Å². The summed E-state index contributed by atoms with van der Waals surface area (Å²) >= 11 is 0.